The topological polar surface area (TPSA) is 20.2 Å². The first-order chi connectivity index (χ1) is 7.30. The minimum Gasteiger partial charge on any atom is -0.512 e. The fourth-order valence-electron chi connectivity index (χ4n) is 2.47. The molecule has 1 N–H and O–H groups in total. The zero-order valence-electron chi connectivity index (χ0n) is 11.4. The van der Waals surface area contributed by atoms with Crippen LogP contribution in [0.2, 0.25) is 0 Å². The average Bonchev–Trinajstić information content (AvgIpc) is 2.14. The van der Waals surface area contributed by atoms with Gasteiger partial charge in [-0.3, -0.25) is 0 Å². The summed E-state index contributed by atoms with van der Waals surface area (Å²) in [4.78, 5) is 0. The predicted octanol–water partition coefficient (Wildman–Crippen LogP) is 4.86. The van der Waals surface area contributed by atoms with Crippen LogP contribution >= 0.6 is 0 Å². The molecule has 0 aromatic rings. The quantitative estimate of drug-likeness (QED) is 0.723. The van der Waals surface area contributed by atoms with Crippen LogP contribution in [0.3, 0.4) is 0 Å². The first-order valence-electron chi connectivity index (χ1n) is 6.39. The van der Waals surface area contributed by atoms with Crippen molar-refractivity contribution in [2.75, 3.05) is 0 Å². The molecular formula is C15H26O. The number of allylic oxidation sites excluding steroid dienone is 4. The molecule has 0 heterocycles. The van der Waals surface area contributed by atoms with Gasteiger partial charge in [-0.25, -0.2) is 0 Å². The molecule has 0 bridgehead atoms. The number of hydrogen-bond acceptors (Lipinski definition) is 1. The Hall–Kier alpha value is -0.720. The largest absolute Gasteiger partial charge is 0.512 e. The zero-order valence-corrected chi connectivity index (χ0v) is 11.4. The molecule has 0 fully saturated rings. The summed E-state index contributed by atoms with van der Waals surface area (Å²) in [6, 6.07) is 0. The van der Waals surface area contributed by atoms with Crippen molar-refractivity contribution in [3.63, 3.8) is 0 Å². The molecule has 16 heavy (non-hydrogen) atoms. The molecule has 92 valence electrons. The Labute approximate surface area is 100 Å². The van der Waals surface area contributed by atoms with E-state index < -0.39 is 0 Å². The van der Waals surface area contributed by atoms with Gasteiger partial charge in [0.15, 0.2) is 0 Å². The third kappa shape index (κ3) is 3.70. The Bertz CT molecular complexity index is 289. The molecule has 1 nitrogen and oxygen atoms in total. The lowest BCUT2D eigenvalue weighted by molar-refractivity contribution is 0.233. The zero-order chi connectivity index (χ0) is 12.3. The highest BCUT2D eigenvalue weighted by molar-refractivity contribution is 5.23. The Morgan fingerprint density at radius 1 is 1.19 bits per heavy atom. The fraction of sp³-hybridized carbons (Fsp3) is 0.733. The van der Waals surface area contributed by atoms with E-state index in [9.17, 15) is 5.11 Å². The molecule has 0 aromatic heterocycles. The van der Waals surface area contributed by atoms with E-state index in [0.29, 0.717) is 17.1 Å². The maximum absolute atomic E-state index is 9.41. The molecule has 1 heteroatoms. The van der Waals surface area contributed by atoms with Gasteiger partial charge in [0.25, 0.3) is 0 Å². The van der Waals surface area contributed by atoms with Gasteiger partial charge in [0, 0.05) is 6.42 Å². The fourth-order valence-corrected chi connectivity index (χ4v) is 2.47. The molecule has 1 atom stereocenters. The van der Waals surface area contributed by atoms with Crippen molar-refractivity contribution in [3.8, 4) is 0 Å². The molecule has 1 rings (SSSR count). The van der Waals surface area contributed by atoms with Gasteiger partial charge < -0.3 is 5.11 Å². The van der Waals surface area contributed by atoms with Gasteiger partial charge in [0.1, 0.15) is 0 Å². The van der Waals surface area contributed by atoms with Gasteiger partial charge in [0.05, 0.1) is 5.76 Å². The number of hydrogen-bond donors (Lipinski definition) is 1. The van der Waals surface area contributed by atoms with Gasteiger partial charge in [-0.2, -0.15) is 0 Å². The Kier molecular flexibility index (Phi) is 4.23. The van der Waals surface area contributed by atoms with E-state index in [1.807, 2.05) is 6.08 Å². The second-order valence-corrected chi connectivity index (χ2v) is 6.45. The van der Waals surface area contributed by atoms with Crippen molar-refractivity contribution in [2.24, 2.45) is 17.3 Å². The third-order valence-corrected chi connectivity index (χ3v) is 3.36. The van der Waals surface area contributed by atoms with E-state index in [1.54, 1.807) is 0 Å². The molecule has 0 radical (unpaired) electrons. The van der Waals surface area contributed by atoms with Crippen LogP contribution in [-0.4, -0.2) is 5.11 Å². The van der Waals surface area contributed by atoms with Crippen molar-refractivity contribution >= 4 is 0 Å². The second-order valence-electron chi connectivity index (χ2n) is 6.45. The highest BCUT2D eigenvalue weighted by Crippen LogP contribution is 2.39. The molecule has 0 spiro atoms. The van der Waals surface area contributed by atoms with E-state index in [1.165, 1.54) is 12.0 Å². The Balaban J connectivity index is 2.85. The summed E-state index contributed by atoms with van der Waals surface area (Å²) in [6.45, 7) is 11.5. The molecular weight excluding hydrogens is 196 g/mol. The van der Waals surface area contributed by atoms with Gasteiger partial charge in [0.2, 0.25) is 0 Å². The van der Waals surface area contributed by atoms with Gasteiger partial charge >= 0.3 is 0 Å². The van der Waals surface area contributed by atoms with Crippen molar-refractivity contribution in [2.45, 2.75) is 53.9 Å². The predicted molar refractivity (Wildman–Crippen MR) is 70.4 cm³/mol. The maximum atomic E-state index is 9.41. The van der Waals surface area contributed by atoms with Crippen LogP contribution < -0.4 is 0 Å². The lowest BCUT2D eigenvalue weighted by atomic mass is 9.70. The van der Waals surface area contributed by atoms with E-state index in [0.717, 1.165) is 18.8 Å². The van der Waals surface area contributed by atoms with Crippen LogP contribution in [0.4, 0.5) is 0 Å². The van der Waals surface area contributed by atoms with Gasteiger partial charge in [-0.15, -0.1) is 0 Å². The minimum atomic E-state index is 0.316. The minimum absolute atomic E-state index is 0.316. The molecule has 1 unspecified atom stereocenters. The standard InChI is InChI=1S/C15H26O/c1-11(2)10-14(15(3,4)5)12-6-8-13(16)9-7-12/h6,8,11,14,16H,7,9-10H2,1-5H3. The highest BCUT2D eigenvalue weighted by atomic mass is 16.3. The summed E-state index contributed by atoms with van der Waals surface area (Å²) in [7, 11) is 0. The maximum Gasteiger partial charge on any atom is 0.0925 e. The van der Waals surface area contributed by atoms with Crippen LogP contribution in [0.1, 0.15) is 53.9 Å². The smallest absolute Gasteiger partial charge is 0.0925 e. The average molecular weight is 222 g/mol. The van der Waals surface area contributed by atoms with Crippen LogP contribution in [-0.2, 0) is 0 Å². The summed E-state index contributed by atoms with van der Waals surface area (Å²) in [5, 5.41) is 9.41. The van der Waals surface area contributed by atoms with Crippen molar-refractivity contribution in [3.05, 3.63) is 23.5 Å². The first-order valence-corrected chi connectivity index (χ1v) is 6.39. The molecule has 1 aliphatic carbocycles. The lowest BCUT2D eigenvalue weighted by Gasteiger charge is -2.35. The van der Waals surface area contributed by atoms with E-state index in [-0.39, 0.29) is 0 Å². The second kappa shape index (κ2) is 5.07. The number of aliphatic hydroxyl groups is 1. The summed E-state index contributed by atoms with van der Waals surface area (Å²) < 4.78 is 0. The van der Waals surface area contributed by atoms with Crippen LogP contribution in [0.5, 0.6) is 0 Å². The summed E-state index contributed by atoms with van der Waals surface area (Å²) >= 11 is 0. The molecule has 0 aliphatic heterocycles. The highest BCUT2D eigenvalue weighted by Gasteiger charge is 2.28. The van der Waals surface area contributed by atoms with E-state index >= 15 is 0 Å². The number of rotatable bonds is 3. The third-order valence-electron chi connectivity index (χ3n) is 3.36. The Morgan fingerprint density at radius 2 is 1.81 bits per heavy atom. The lowest BCUT2D eigenvalue weighted by Crippen LogP contribution is -2.25. The van der Waals surface area contributed by atoms with Gasteiger partial charge in [-0.1, -0.05) is 46.3 Å². The first kappa shape index (κ1) is 13.3. The Morgan fingerprint density at radius 3 is 2.19 bits per heavy atom. The number of aliphatic hydroxyl groups excluding tert-OH is 1. The SMILES string of the molecule is CC(C)CC(C1=CC=C(O)CC1)C(C)(C)C. The molecule has 0 aromatic carbocycles. The van der Waals surface area contributed by atoms with E-state index in [2.05, 4.69) is 40.7 Å². The van der Waals surface area contributed by atoms with Crippen LogP contribution in [0.15, 0.2) is 23.5 Å². The summed E-state index contributed by atoms with van der Waals surface area (Å²) in [6.07, 6.45) is 7.09. The van der Waals surface area contributed by atoms with Crippen molar-refractivity contribution in [1.82, 2.24) is 0 Å². The van der Waals surface area contributed by atoms with Crippen LogP contribution in [0.25, 0.3) is 0 Å². The van der Waals surface area contributed by atoms with Crippen molar-refractivity contribution in [1.29, 1.82) is 0 Å². The normalized spacial score (nSPS) is 19.4. The van der Waals surface area contributed by atoms with Crippen molar-refractivity contribution < 1.29 is 5.11 Å². The molecule has 1 aliphatic rings. The summed E-state index contributed by atoms with van der Waals surface area (Å²) in [5.41, 5.74) is 1.83. The van der Waals surface area contributed by atoms with Crippen LogP contribution in [0, 0.1) is 17.3 Å². The molecule has 0 saturated carbocycles. The van der Waals surface area contributed by atoms with Gasteiger partial charge in [-0.05, 0) is 36.2 Å². The summed E-state index contributed by atoms with van der Waals surface area (Å²) in [5.74, 6) is 1.89. The monoisotopic (exact) mass is 222 g/mol. The molecule has 0 saturated heterocycles. The van der Waals surface area contributed by atoms with E-state index in [4.69, 9.17) is 0 Å². The molecule has 0 amide bonds.